The van der Waals surface area contributed by atoms with Gasteiger partial charge in [-0.2, -0.15) is 0 Å². The molecular weight excluding hydrogens is 981 g/mol. The fourth-order valence-corrected chi connectivity index (χ4v) is 9.95. The van der Waals surface area contributed by atoms with Crippen molar-refractivity contribution in [2.24, 2.45) is 5.41 Å². The molecule has 0 fully saturated rings. The fourth-order valence-electron chi connectivity index (χ4n) is 6.96. The third-order valence-electron chi connectivity index (χ3n) is 10.4. The number of hydrogen-bond acceptors (Lipinski definition) is 20. The Balaban J connectivity index is 0.972. The lowest BCUT2D eigenvalue weighted by Gasteiger charge is -2.31. The molecule has 4 aromatic carbocycles. The van der Waals surface area contributed by atoms with Crippen molar-refractivity contribution in [1.29, 1.82) is 0 Å². The minimum atomic E-state index is -1.96. The highest BCUT2D eigenvalue weighted by Crippen LogP contribution is 2.33. The largest absolute Gasteiger partial charge is 0.464 e. The number of hydrogen-bond donors (Lipinski definition) is 0. The highest BCUT2D eigenvalue weighted by Gasteiger charge is 2.42. The smallest absolute Gasteiger partial charge is 0.317 e. The Morgan fingerprint density at radius 1 is 0.319 bits per heavy atom. The van der Waals surface area contributed by atoms with Gasteiger partial charge in [0.05, 0.1) is 44.5 Å². The van der Waals surface area contributed by atoms with Gasteiger partial charge in [-0.05, 0) is 96.3 Å². The van der Waals surface area contributed by atoms with E-state index in [0.717, 1.165) is 17.2 Å². The third-order valence-corrected chi connectivity index (χ3v) is 14.2. The molecule has 4 aliphatic heterocycles. The van der Waals surface area contributed by atoms with Gasteiger partial charge < -0.3 is 18.9 Å². The van der Waals surface area contributed by atoms with Gasteiger partial charge in [0.2, 0.25) is 0 Å². The molecule has 0 aliphatic carbocycles. The lowest BCUT2D eigenvalue weighted by atomic mass is 9.92. The highest BCUT2D eigenvalue weighted by molar-refractivity contribution is 7.99. The number of carbonyl (C=O) groups excluding carboxylic acids is 12. The number of rotatable bonds is 20. The van der Waals surface area contributed by atoms with E-state index in [9.17, 15) is 57.5 Å². The van der Waals surface area contributed by atoms with Crippen molar-refractivity contribution in [3.05, 3.63) is 142 Å². The van der Waals surface area contributed by atoms with Crippen LogP contribution in [-0.4, -0.2) is 138 Å². The van der Waals surface area contributed by atoms with Gasteiger partial charge in [-0.15, -0.1) is 0 Å². The standard InChI is InChI=1S/C45H32N4O16S4/c50-33(17-66-46-37(54)25-9-1-2-10-26(25)38(46)55)62-21-45(22-63-34(51)18-67-47-39(56)27-11-3-4-12-28(27)40(47)57,23-64-35(52)19-68-48-41(58)29-13-5-6-14-30(29)42(48)59)24-65-36(53)20-69-49-43(60)31-15-7-8-16-32(31)44(49)61/h1-16H,17-24H2. The Morgan fingerprint density at radius 2 is 0.478 bits per heavy atom. The van der Waals surface area contributed by atoms with Crippen molar-refractivity contribution in [1.82, 2.24) is 17.2 Å². The van der Waals surface area contributed by atoms with E-state index in [1.54, 1.807) is 48.5 Å². The molecule has 20 nitrogen and oxygen atoms in total. The van der Waals surface area contributed by atoms with Gasteiger partial charge in [0.1, 0.15) is 54.9 Å². The predicted molar refractivity (Wildman–Crippen MR) is 244 cm³/mol. The lowest BCUT2D eigenvalue weighted by molar-refractivity contribution is -0.167. The second-order valence-electron chi connectivity index (χ2n) is 15.0. The summed E-state index contributed by atoms with van der Waals surface area (Å²) in [5.41, 5.74) is -0.988. The van der Waals surface area contributed by atoms with E-state index >= 15 is 0 Å². The minimum Gasteiger partial charge on any atom is -0.464 e. The Hall–Kier alpha value is -7.28. The molecule has 0 unspecified atom stereocenters. The van der Waals surface area contributed by atoms with E-state index in [1.807, 2.05) is 0 Å². The van der Waals surface area contributed by atoms with Crippen LogP contribution in [0.1, 0.15) is 82.9 Å². The molecule has 4 heterocycles. The molecule has 0 spiro atoms. The summed E-state index contributed by atoms with van der Waals surface area (Å²) >= 11 is 2.12. The van der Waals surface area contributed by atoms with Crippen LogP contribution < -0.4 is 0 Å². The van der Waals surface area contributed by atoms with Crippen LogP contribution in [0.4, 0.5) is 0 Å². The summed E-state index contributed by atoms with van der Waals surface area (Å²) in [4.78, 5) is 157. The van der Waals surface area contributed by atoms with Crippen molar-refractivity contribution in [2.75, 3.05) is 49.4 Å². The van der Waals surface area contributed by atoms with Crippen molar-refractivity contribution in [3.63, 3.8) is 0 Å². The average molecular weight is 1010 g/mol. The average Bonchev–Trinajstić information content (AvgIpc) is 3.96. The van der Waals surface area contributed by atoms with E-state index in [0.29, 0.717) is 47.8 Å². The highest BCUT2D eigenvalue weighted by atomic mass is 32.2. The van der Waals surface area contributed by atoms with Gasteiger partial charge in [0.15, 0.2) is 0 Å². The number of nitrogens with zero attached hydrogens (tertiary/aromatic N) is 4. The van der Waals surface area contributed by atoms with E-state index < -0.39 is 126 Å². The van der Waals surface area contributed by atoms with Crippen molar-refractivity contribution in [2.45, 2.75) is 0 Å². The molecule has 0 radical (unpaired) electrons. The summed E-state index contributed by atoms with van der Waals surface area (Å²) in [7, 11) is 0. The first kappa shape index (κ1) is 48.2. The van der Waals surface area contributed by atoms with Crippen LogP contribution in [0.5, 0.6) is 0 Å². The normalized spacial score (nSPS) is 14.8. The number of carbonyl (C=O) groups is 12. The molecule has 0 N–H and O–H groups in total. The number of fused-ring (bicyclic) bond motifs is 4. The minimum absolute atomic E-state index is 0.122. The summed E-state index contributed by atoms with van der Waals surface area (Å²) in [5.74, 6) is -12.0. The van der Waals surface area contributed by atoms with Crippen LogP contribution in [0.2, 0.25) is 0 Å². The van der Waals surface area contributed by atoms with Gasteiger partial charge in [-0.25, -0.2) is 17.2 Å². The maximum absolute atomic E-state index is 13.3. The van der Waals surface area contributed by atoms with Crippen molar-refractivity contribution in [3.8, 4) is 0 Å². The summed E-state index contributed by atoms with van der Waals surface area (Å²) in [6, 6.07) is 24.1. The molecule has 0 bridgehead atoms. The van der Waals surface area contributed by atoms with Crippen LogP contribution in [0.25, 0.3) is 0 Å². The van der Waals surface area contributed by atoms with Crippen LogP contribution in [0.15, 0.2) is 97.1 Å². The Morgan fingerprint density at radius 3 is 0.638 bits per heavy atom. The maximum atomic E-state index is 13.3. The first-order chi connectivity index (χ1) is 33.2. The van der Waals surface area contributed by atoms with Crippen molar-refractivity contribution >= 4 is 119 Å². The molecule has 0 saturated carbocycles. The Labute approximate surface area is 407 Å². The molecule has 24 heteroatoms. The lowest BCUT2D eigenvalue weighted by Crippen LogP contribution is -2.44. The zero-order valence-corrected chi connectivity index (χ0v) is 38.6. The molecule has 352 valence electrons. The third kappa shape index (κ3) is 10.00. The van der Waals surface area contributed by atoms with Crippen molar-refractivity contribution < 1.29 is 76.5 Å². The van der Waals surface area contributed by atoms with Gasteiger partial charge in [0.25, 0.3) is 47.3 Å². The summed E-state index contributed by atoms with van der Waals surface area (Å²) < 4.78 is 25.2. The number of ether oxygens (including phenoxy) is 4. The number of benzene rings is 4. The zero-order chi connectivity index (χ0) is 49.0. The Kier molecular flexibility index (Phi) is 14.3. The fraction of sp³-hybridized carbons (Fsp3) is 0.200. The van der Waals surface area contributed by atoms with Crippen LogP contribution in [-0.2, 0) is 38.1 Å². The van der Waals surface area contributed by atoms with E-state index in [1.165, 1.54) is 48.5 Å². The summed E-state index contributed by atoms with van der Waals surface area (Å²) in [5, 5.41) is 0. The van der Waals surface area contributed by atoms with Crippen LogP contribution >= 0.6 is 47.8 Å². The second kappa shape index (κ2) is 20.5. The quantitative estimate of drug-likeness (QED) is 0.0526. The molecule has 8 amide bonds. The number of amides is 8. The van der Waals surface area contributed by atoms with E-state index in [4.69, 9.17) is 18.9 Å². The molecular formula is C45H32N4O16S4. The number of esters is 4. The molecule has 4 aromatic rings. The Bertz CT molecular complexity index is 2380. The topological polar surface area (TPSA) is 255 Å². The molecule has 69 heavy (non-hydrogen) atoms. The number of imide groups is 4. The molecule has 4 aliphatic rings. The van der Waals surface area contributed by atoms with Crippen LogP contribution in [0.3, 0.4) is 0 Å². The SMILES string of the molecule is O=C(CSN1C(=O)c2ccccc2C1=O)OCC(COC(=O)CSN1C(=O)c2ccccc2C1=O)(COC(=O)CSN1C(=O)c2ccccc2C1=O)COC(=O)CSN1C(=O)c2ccccc2C1=O. The van der Waals surface area contributed by atoms with Gasteiger partial charge in [0, 0.05) is 0 Å². The molecule has 0 atom stereocenters. The van der Waals surface area contributed by atoms with E-state index in [2.05, 4.69) is 0 Å². The summed E-state index contributed by atoms with van der Waals surface area (Å²) in [6.45, 7) is -3.31. The summed E-state index contributed by atoms with van der Waals surface area (Å²) in [6.07, 6.45) is 0. The molecule has 0 saturated heterocycles. The maximum Gasteiger partial charge on any atom is 0.317 e. The van der Waals surface area contributed by atoms with Gasteiger partial charge in [-0.1, -0.05) is 48.5 Å². The van der Waals surface area contributed by atoms with Crippen LogP contribution in [0, 0.1) is 5.41 Å². The second-order valence-corrected chi connectivity index (χ2v) is 18.7. The van der Waals surface area contributed by atoms with Gasteiger partial charge in [-0.3, -0.25) is 57.5 Å². The monoisotopic (exact) mass is 1010 g/mol. The molecule has 0 aromatic heterocycles. The van der Waals surface area contributed by atoms with Gasteiger partial charge >= 0.3 is 23.9 Å². The molecule has 8 rings (SSSR count). The predicted octanol–water partition coefficient (Wildman–Crippen LogP) is 3.92. The first-order valence-corrected chi connectivity index (χ1v) is 24.0. The zero-order valence-electron chi connectivity index (χ0n) is 35.3. The first-order valence-electron chi connectivity index (χ1n) is 20.2. The van der Waals surface area contributed by atoms with E-state index in [-0.39, 0.29) is 44.5 Å².